The Morgan fingerprint density at radius 2 is 1.86 bits per heavy atom. The van der Waals surface area contributed by atoms with Gasteiger partial charge in [-0.25, -0.2) is 0 Å². The lowest BCUT2D eigenvalue weighted by atomic mass is 10.1. The van der Waals surface area contributed by atoms with E-state index in [4.69, 9.17) is 0 Å². The molecule has 0 spiro atoms. The average molecular weight is 374 g/mol. The van der Waals surface area contributed by atoms with Gasteiger partial charge < -0.3 is 5.11 Å². The van der Waals surface area contributed by atoms with Crippen molar-refractivity contribution in [2.45, 2.75) is 39.7 Å². The van der Waals surface area contributed by atoms with Crippen molar-refractivity contribution in [3.63, 3.8) is 0 Å². The van der Waals surface area contributed by atoms with Gasteiger partial charge in [0.25, 0.3) is 5.56 Å². The van der Waals surface area contributed by atoms with Crippen LogP contribution in [0.1, 0.15) is 37.3 Å². The highest BCUT2D eigenvalue weighted by Crippen LogP contribution is 2.30. The first kappa shape index (κ1) is 19.3. The van der Waals surface area contributed by atoms with Crippen LogP contribution < -0.4 is 5.56 Å². The lowest BCUT2D eigenvalue weighted by Crippen LogP contribution is -2.22. The molecule has 3 rings (SSSR count). The Morgan fingerprint density at radius 1 is 1.11 bits per heavy atom. The van der Waals surface area contributed by atoms with Crippen LogP contribution in [0, 0.1) is 18.3 Å². The van der Waals surface area contributed by atoms with Crippen LogP contribution in [0.4, 0.5) is 11.4 Å². The molecule has 1 aromatic heterocycles. The molecule has 6 nitrogen and oxygen atoms in total. The Morgan fingerprint density at radius 3 is 2.61 bits per heavy atom. The van der Waals surface area contributed by atoms with Crippen LogP contribution in [-0.2, 0) is 6.54 Å². The van der Waals surface area contributed by atoms with Gasteiger partial charge >= 0.3 is 0 Å². The fourth-order valence-electron chi connectivity index (χ4n) is 3.18. The fraction of sp³-hybridized carbons (Fsp3) is 0.273. The molecule has 0 aliphatic carbocycles. The van der Waals surface area contributed by atoms with E-state index in [-0.39, 0.29) is 17.1 Å². The van der Waals surface area contributed by atoms with Crippen molar-refractivity contribution in [2.24, 2.45) is 10.2 Å². The largest absolute Gasteiger partial charge is 0.493 e. The molecule has 0 aliphatic heterocycles. The number of benzene rings is 2. The number of nitrogens with zero attached hydrogens (tertiary/aromatic N) is 4. The number of aromatic hydroxyl groups is 1. The number of unbranched alkanes of at least 4 members (excludes halogenated alkanes) is 2. The van der Waals surface area contributed by atoms with Crippen LogP contribution in [0.3, 0.4) is 0 Å². The van der Waals surface area contributed by atoms with Gasteiger partial charge in [0.2, 0.25) is 5.88 Å². The number of aromatic nitrogens is 1. The first-order chi connectivity index (χ1) is 13.6. The minimum absolute atomic E-state index is 0.0583. The average Bonchev–Trinajstić information content (AvgIpc) is 2.71. The lowest BCUT2D eigenvalue weighted by Gasteiger charge is -2.12. The summed E-state index contributed by atoms with van der Waals surface area (Å²) in [5, 5.41) is 30.2. The predicted molar refractivity (Wildman–Crippen MR) is 109 cm³/mol. The monoisotopic (exact) mass is 374 g/mol. The molecule has 0 bridgehead atoms. The number of hydrogen-bond donors (Lipinski definition) is 1. The Hall–Kier alpha value is -3.46. The molecular weight excluding hydrogens is 352 g/mol. The summed E-state index contributed by atoms with van der Waals surface area (Å²) in [6.07, 6.45) is 2.65. The van der Waals surface area contributed by atoms with E-state index in [0.29, 0.717) is 17.8 Å². The van der Waals surface area contributed by atoms with E-state index in [1.54, 1.807) is 6.92 Å². The summed E-state index contributed by atoms with van der Waals surface area (Å²) < 4.78 is 1.22. The highest BCUT2D eigenvalue weighted by atomic mass is 16.3. The molecule has 1 N–H and O–H groups in total. The minimum Gasteiger partial charge on any atom is -0.493 e. The van der Waals surface area contributed by atoms with Crippen LogP contribution in [0.5, 0.6) is 5.88 Å². The minimum atomic E-state index is -0.436. The molecule has 142 valence electrons. The van der Waals surface area contributed by atoms with Gasteiger partial charge in [-0.1, -0.05) is 56.2 Å². The van der Waals surface area contributed by atoms with Gasteiger partial charge in [-0.15, -0.1) is 10.2 Å². The van der Waals surface area contributed by atoms with Crippen molar-refractivity contribution in [1.29, 1.82) is 5.26 Å². The van der Waals surface area contributed by atoms with E-state index < -0.39 is 5.56 Å². The normalized spacial score (nSPS) is 11.2. The number of pyridine rings is 1. The van der Waals surface area contributed by atoms with Crippen LogP contribution >= 0.6 is 0 Å². The van der Waals surface area contributed by atoms with Crippen LogP contribution in [0.2, 0.25) is 0 Å². The van der Waals surface area contributed by atoms with Crippen LogP contribution in [0.15, 0.2) is 57.5 Å². The third-order valence-corrected chi connectivity index (χ3v) is 4.78. The molecule has 3 aromatic rings. The highest BCUT2D eigenvalue weighted by Gasteiger charge is 2.19. The molecule has 1 heterocycles. The quantitative estimate of drug-likeness (QED) is 0.456. The Kier molecular flexibility index (Phi) is 5.85. The van der Waals surface area contributed by atoms with E-state index in [2.05, 4.69) is 17.2 Å². The summed E-state index contributed by atoms with van der Waals surface area (Å²) in [5.74, 6) is -0.301. The zero-order chi connectivity index (χ0) is 20.1. The molecule has 0 fully saturated rings. The number of rotatable bonds is 6. The maximum atomic E-state index is 12.9. The topological polar surface area (TPSA) is 90.7 Å². The number of azo groups is 1. The maximum absolute atomic E-state index is 12.9. The SMILES string of the molecule is CCCCCn1c(O)c(C#N)c(C)c(N=Nc2cccc3ccccc23)c1=O. The molecular formula is C22H22N4O2. The molecule has 28 heavy (non-hydrogen) atoms. The van der Waals surface area contributed by atoms with Crippen LogP contribution in [0.25, 0.3) is 10.8 Å². The molecule has 0 amide bonds. The standard InChI is InChI=1S/C22H22N4O2/c1-3-4-7-13-26-21(27)18(14-23)15(2)20(22(26)28)25-24-19-12-8-10-16-9-5-6-11-17(16)19/h5-6,8-12,27H,3-4,7,13H2,1-2H3. The summed E-state index contributed by atoms with van der Waals surface area (Å²) in [7, 11) is 0. The Labute approximate surface area is 163 Å². The van der Waals surface area contributed by atoms with Gasteiger partial charge in [0.1, 0.15) is 11.6 Å². The molecule has 0 aliphatic rings. The Bertz CT molecular complexity index is 1130. The zero-order valence-electron chi connectivity index (χ0n) is 16.0. The van der Waals surface area contributed by atoms with E-state index in [0.717, 1.165) is 30.0 Å². The van der Waals surface area contributed by atoms with E-state index in [9.17, 15) is 15.2 Å². The fourth-order valence-corrected chi connectivity index (χ4v) is 3.18. The molecule has 0 unspecified atom stereocenters. The van der Waals surface area contributed by atoms with Gasteiger partial charge in [0.15, 0.2) is 5.69 Å². The Balaban J connectivity index is 2.10. The number of hydrogen-bond acceptors (Lipinski definition) is 5. The second-order valence-corrected chi connectivity index (χ2v) is 6.65. The summed E-state index contributed by atoms with van der Waals surface area (Å²) in [6, 6.07) is 15.5. The third kappa shape index (κ3) is 3.65. The van der Waals surface area contributed by atoms with E-state index >= 15 is 0 Å². The molecule has 0 radical (unpaired) electrons. The van der Waals surface area contributed by atoms with Crippen molar-refractivity contribution in [2.75, 3.05) is 0 Å². The molecule has 0 saturated heterocycles. The zero-order valence-corrected chi connectivity index (χ0v) is 16.0. The van der Waals surface area contributed by atoms with E-state index in [1.165, 1.54) is 4.57 Å². The smallest absolute Gasteiger partial charge is 0.281 e. The number of nitriles is 1. The van der Waals surface area contributed by atoms with Gasteiger partial charge in [0, 0.05) is 17.5 Å². The lowest BCUT2D eigenvalue weighted by molar-refractivity contribution is 0.398. The van der Waals surface area contributed by atoms with Crippen molar-refractivity contribution in [3.8, 4) is 11.9 Å². The molecule has 2 aromatic carbocycles. The van der Waals surface area contributed by atoms with Gasteiger partial charge in [-0.05, 0) is 24.8 Å². The van der Waals surface area contributed by atoms with E-state index in [1.807, 2.05) is 48.5 Å². The van der Waals surface area contributed by atoms with Gasteiger partial charge in [0.05, 0.1) is 5.69 Å². The summed E-state index contributed by atoms with van der Waals surface area (Å²) in [4.78, 5) is 12.9. The second kappa shape index (κ2) is 8.49. The predicted octanol–water partition coefficient (Wildman–Crippen LogP) is 5.49. The van der Waals surface area contributed by atoms with Crippen molar-refractivity contribution in [1.82, 2.24) is 4.57 Å². The summed E-state index contributed by atoms with van der Waals surface area (Å²) in [5.41, 5.74) is 0.678. The first-order valence-corrected chi connectivity index (χ1v) is 9.34. The van der Waals surface area contributed by atoms with Gasteiger partial charge in [-0.3, -0.25) is 9.36 Å². The van der Waals surface area contributed by atoms with Crippen LogP contribution in [-0.4, -0.2) is 9.67 Å². The van der Waals surface area contributed by atoms with Crippen molar-refractivity contribution < 1.29 is 5.11 Å². The summed E-state index contributed by atoms with van der Waals surface area (Å²) in [6.45, 7) is 4.00. The van der Waals surface area contributed by atoms with Crippen molar-refractivity contribution in [3.05, 3.63) is 63.9 Å². The van der Waals surface area contributed by atoms with Crippen molar-refractivity contribution >= 4 is 22.1 Å². The first-order valence-electron chi connectivity index (χ1n) is 9.34. The van der Waals surface area contributed by atoms with Gasteiger partial charge in [-0.2, -0.15) is 5.26 Å². The number of fused-ring (bicyclic) bond motifs is 1. The maximum Gasteiger partial charge on any atom is 0.281 e. The summed E-state index contributed by atoms with van der Waals surface area (Å²) >= 11 is 0. The molecule has 0 atom stereocenters. The highest BCUT2D eigenvalue weighted by molar-refractivity contribution is 5.92. The molecule has 6 heteroatoms. The third-order valence-electron chi connectivity index (χ3n) is 4.78. The molecule has 0 saturated carbocycles. The second-order valence-electron chi connectivity index (χ2n) is 6.65.